The molecule has 0 N–H and O–H groups in total. The maximum atomic E-state index is 12.1. The van der Waals surface area contributed by atoms with Gasteiger partial charge in [0, 0.05) is 28.6 Å². The first-order valence-electron chi connectivity index (χ1n) is 12.3. The van der Waals surface area contributed by atoms with E-state index in [9.17, 15) is 4.79 Å². The Balaban J connectivity index is 1.53. The number of rotatable bonds is 6. The van der Waals surface area contributed by atoms with Crippen molar-refractivity contribution in [3.05, 3.63) is 105 Å². The van der Waals surface area contributed by atoms with Gasteiger partial charge < -0.3 is 13.9 Å². The van der Waals surface area contributed by atoms with Crippen LogP contribution in [0.1, 0.15) is 36.1 Å². The summed E-state index contributed by atoms with van der Waals surface area (Å²) in [5.41, 5.74) is 8.23. The van der Waals surface area contributed by atoms with Gasteiger partial charge in [-0.25, -0.2) is 0 Å². The van der Waals surface area contributed by atoms with Crippen LogP contribution in [-0.4, -0.2) is 6.10 Å². The van der Waals surface area contributed by atoms with Crippen LogP contribution in [0, 0.1) is 20.8 Å². The summed E-state index contributed by atoms with van der Waals surface area (Å²) in [4.78, 5) is 12.1. The summed E-state index contributed by atoms with van der Waals surface area (Å²) in [6.45, 7) is 10.7. The Hall–Kier alpha value is -4.05. The van der Waals surface area contributed by atoms with Crippen molar-refractivity contribution in [1.82, 2.24) is 0 Å². The minimum atomic E-state index is -0.0788. The maximum Gasteiger partial charge on any atom is 0.182 e. The molecular weight excluding hydrogens is 448 g/mol. The Morgan fingerprint density at radius 3 is 2.36 bits per heavy atom. The average Bonchev–Trinajstić information content (AvgIpc) is 2.83. The van der Waals surface area contributed by atoms with Gasteiger partial charge in [-0.05, 0) is 93.3 Å². The normalized spacial score (nSPS) is 11.4. The topological polar surface area (TPSA) is 48.7 Å². The van der Waals surface area contributed by atoms with Crippen LogP contribution >= 0.6 is 0 Å². The molecule has 36 heavy (non-hydrogen) atoms. The Labute approximate surface area is 211 Å². The van der Waals surface area contributed by atoms with Crippen molar-refractivity contribution in [3.63, 3.8) is 0 Å². The van der Waals surface area contributed by atoms with Gasteiger partial charge in [0.1, 0.15) is 29.4 Å². The molecular formula is C32H30O4. The molecule has 0 unspecified atom stereocenters. The minimum Gasteiger partial charge on any atom is -0.491 e. The molecule has 4 heteroatoms. The molecule has 1 aliphatic heterocycles. The Bertz CT molecular complexity index is 1590. The Kier molecular flexibility index (Phi) is 6.27. The summed E-state index contributed by atoms with van der Waals surface area (Å²) in [5, 5.41) is 0.978. The zero-order valence-electron chi connectivity index (χ0n) is 21.3. The second kappa shape index (κ2) is 9.54. The smallest absolute Gasteiger partial charge is 0.182 e. The molecule has 0 fully saturated rings. The molecule has 0 amide bonds. The lowest BCUT2D eigenvalue weighted by molar-refractivity contribution is 0.240. The van der Waals surface area contributed by atoms with Crippen molar-refractivity contribution < 1.29 is 13.9 Å². The van der Waals surface area contributed by atoms with Crippen LogP contribution in [0.25, 0.3) is 33.4 Å². The molecule has 182 valence electrons. The van der Waals surface area contributed by atoms with Gasteiger partial charge in [-0.15, -0.1) is 0 Å². The lowest BCUT2D eigenvalue weighted by Gasteiger charge is -2.18. The highest BCUT2D eigenvalue weighted by atomic mass is 16.5. The number of fused-ring (bicyclic) bond motifs is 2. The van der Waals surface area contributed by atoms with Gasteiger partial charge in [0.05, 0.1) is 6.10 Å². The van der Waals surface area contributed by atoms with E-state index in [-0.39, 0.29) is 11.5 Å². The number of aryl methyl sites for hydroxylation is 3. The van der Waals surface area contributed by atoms with Crippen LogP contribution in [0.2, 0.25) is 0 Å². The van der Waals surface area contributed by atoms with Crippen molar-refractivity contribution >= 4 is 11.0 Å². The number of ether oxygens (including phenoxy) is 2. The summed E-state index contributed by atoms with van der Waals surface area (Å²) < 4.78 is 18.2. The van der Waals surface area contributed by atoms with Crippen molar-refractivity contribution in [2.24, 2.45) is 0 Å². The third kappa shape index (κ3) is 4.72. The average molecular weight is 479 g/mol. The summed E-state index contributed by atoms with van der Waals surface area (Å²) >= 11 is 0. The van der Waals surface area contributed by atoms with E-state index in [1.54, 1.807) is 12.1 Å². The molecule has 0 spiro atoms. The van der Waals surface area contributed by atoms with Gasteiger partial charge in [0.15, 0.2) is 5.43 Å². The molecule has 0 saturated carbocycles. The maximum absolute atomic E-state index is 12.1. The SMILES string of the molecule is Cc1ccc(-c2c3ccc(=O)cc-3oc3cc(OCc4ccc(OC(C)C)c(C)c4)ccc23)c(C)c1. The van der Waals surface area contributed by atoms with E-state index in [0.29, 0.717) is 23.7 Å². The fourth-order valence-corrected chi connectivity index (χ4v) is 4.68. The second-order valence-electron chi connectivity index (χ2n) is 9.67. The summed E-state index contributed by atoms with van der Waals surface area (Å²) in [5.74, 6) is 2.16. The number of hydrogen-bond donors (Lipinski definition) is 0. The first kappa shape index (κ1) is 23.7. The van der Waals surface area contributed by atoms with Gasteiger partial charge >= 0.3 is 0 Å². The molecule has 3 aromatic rings. The second-order valence-corrected chi connectivity index (χ2v) is 9.67. The van der Waals surface area contributed by atoms with E-state index in [0.717, 1.165) is 39.0 Å². The van der Waals surface area contributed by atoms with E-state index in [1.165, 1.54) is 11.1 Å². The minimum absolute atomic E-state index is 0.0788. The van der Waals surface area contributed by atoms with Crippen molar-refractivity contribution in [2.75, 3.05) is 0 Å². The molecule has 5 rings (SSSR count). The molecule has 2 aliphatic rings. The van der Waals surface area contributed by atoms with Gasteiger partial charge in [0.25, 0.3) is 0 Å². The molecule has 3 aromatic carbocycles. The first-order valence-corrected chi connectivity index (χ1v) is 12.3. The van der Waals surface area contributed by atoms with Crippen molar-refractivity contribution in [1.29, 1.82) is 0 Å². The van der Waals surface area contributed by atoms with E-state index >= 15 is 0 Å². The molecule has 0 radical (unpaired) electrons. The Morgan fingerprint density at radius 2 is 1.61 bits per heavy atom. The van der Waals surface area contributed by atoms with Crippen LogP contribution < -0.4 is 14.9 Å². The lowest BCUT2D eigenvalue weighted by Crippen LogP contribution is -2.07. The molecule has 4 nitrogen and oxygen atoms in total. The fourth-order valence-electron chi connectivity index (χ4n) is 4.68. The molecule has 0 aromatic heterocycles. The first-order chi connectivity index (χ1) is 17.3. The van der Waals surface area contributed by atoms with E-state index < -0.39 is 0 Å². The monoisotopic (exact) mass is 478 g/mol. The zero-order chi connectivity index (χ0) is 25.4. The standard InChI is InChI=1S/C32H30O4/c1-19(2)35-29-13-7-23(15-22(29)5)18-34-25-9-12-28-31(17-25)36-30-16-24(33)8-11-27(30)32(28)26-10-6-20(3)14-21(26)4/h6-17,19H,18H2,1-5H3. The quantitative estimate of drug-likeness (QED) is 0.233. The van der Waals surface area contributed by atoms with Crippen LogP contribution in [-0.2, 0) is 6.61 Å². The van der Waals surface area contributed by atoms with Gasteiger partial charge in [-0.3, -0.25) is 4.79 Å². The molecule has 0 bridgehead atoms. The van der Waals surface area contributed by atoms with Gasteiger partial charge in [0.2, 0.25) is 0 Å². The number of hydrogen-bond acceptors (Lipinski definition) is 4. The van der Waals surface area contributed by atoms with Crippen LogP contribution in [0.3, 0.4) is 0 Å². The van der Waals surface area contributed by atoms with E-state index in [2.05, 4.69) is 38.1 Å². The lowest BCUT2D eigenvalue weighted by atomic mass is 9.90. The Morgan fingerprint density at radius 1 is 0.806 bits per heavy atom. The highest BCUT2D eigenvalue weighted by molar-refractivity contribution is 6.02. The van der Waals surface area contributed by atoms with Gasteiger partial charge in [-0.2, -0.15) is 0 Å². The summed E-state index contributed by atoms with van der Waals surface area (Å²) in [6.07, 6.45) is 0.134. The number of benzene rings is 4. The molecule has 1 heterocycles. The van der Waals surface area contributed by atoms with Crippen LogP contribution in [0.5, 0.6) is 11.5 Å². The largest absolute Gasteiger partial charge is 0.491 e. The summed E-state index contributed by atoms with van der Waals surface area (Å²) in [7, 11) is 0. The predicted octanol–water partition coefficient (Wildman–Crippen LogP) is 7.86. The zero-order valence-corrected chi connectivity index (χ0v) is 21.3. The summed E-state index contributed by atoms with van der Waals surface area (Å²) in [6, 6.07) is 23.5. The van der Waals surface area contributed by atoms with Crippen LogP contribution in [0.15, 0.2) is 82.0 Å². The third-order valence-electron chi connectivity index (χ3n) is 6.32. The highest BCUT2D eigenvalue weighted by Gasteiger charge is 2.19. The highest BCUT2D eigenvalue weighted by Crippen LogP contribution is 2.42. The van der Waals surface area contributed by atoms with E-state index in [1.807, 2.05) is 57.2 Å². The molecule has 1 aliphatic carbocycles. The predicted molar refractivity (Wildman–Crippen MR) is 145 cm³/mol. The molecule has 0 atom stereocenters. The van der Waals surface area contributed by atoms with Crippen LogP contribution in [0.4, 0.5) is 0 Å². The van der Waals surface area contributed by atoms with Crippen molar-refractivity contribution in [2.45, 2.75) is 47.3 Å². The fraction of sp³-hybridized carbons (Fsp3) is 0.219. The van der Waals surface area contributed by atoms with E-state index in [4.69, 9.17) is 13.9 Å². The van der Waals surface area contributed by atoms with Crippen molar-refractivity contribution in [3.8, 4) is 33.9 Å². The van der Waals surface area contributed by atoms with Gasteiger partial charge in [-0.1, -0.05) is 29.8 Å². The third-order valence-corrected chi connectivity index (χ3v) is 6.32. The molecule has 0 saturated heterocycles.